The van der Waals surface area contributed by atoms with E-state index in [4.69, 9.17) is 14.5 Å². The molecule has 8 nitrogen and oxygen atoms in total. The van der Waals surface area contributed by atoms with Crippen LogP contribution in [-0.2, 0) is 11.2 Å². The van der Waals surface area contributed by atoms with Crippen LogP contribution in [0, 0.1) is 11.6 Å². The fourth-order valence-electron chi connectivity index (χ4n) is 8.13. The van der Waals surface area contributed by atoms with Crippen LogP contribution in [0.25, 0.3) is 32.9 Å². The summed E-state index contributed by atoms with van der Waals surface area (Å²) in [5.41, 5.74) is 0.265. The number of nitrogens with zero attached hydrogens (tertiary/aromatic N) is 5. The second kappa shape index (κ2) is 10.4. The standard InChI is InChI=1S/C33H34F3N5O3/c1-2-23-26(35)7-4-18-10-22(42)11-24(27(18)23)29-28(36)30-25(13-37-29)31(41-20-5-6-21(41)16-43-15-20)39-32(38-30)44-17-33-8-3-9-40(33)14-19(34)12-33/h4,7,10-11,13,19-21,42H,2-3,5-6,8-9,12,14-17H2,1H3/t19-,20-,21+,33+/m1/s1. The number of pyridine rings is 1. The first-order valence-corrected chi connectivity index (χ1v) is 15.5. The van der Waals surface area contributed by atoms with E-state index < -0.39 is 23.3 Å². The van der Waals surface area contributed by atoms with Gasteiger partial charge in [-0.15, -0.1) is 0 Å². The zero-order chi connectivity index (χ0) is 30.2. The van der Waals surface area contributed by atoms with Gasteiger partial charge in [0.15, 0.2) is 5.82 Å². The van der Waals surface area contributed by atoms with Crippen LogP contribution in [0.1, 0.15) is 44.6 Å². The minimum absolute atomic E-state index is 0.0269. The molecule has 4 fully saturated rings. The molecular weight excluding hydrogens is 571 g/mol. The van der Waals surface area contributed by atoms with E-state index in [1.807, 2.05) is 6.92 Å². The number of aryl methyl sites for hydroxylation is 1. The largest absolute Gasteiger partial charge is 0.508 e. The summed E-state index contributed by atoms with van der Waals surface area (Å²) in [6, 6.07) is 6.07. The molecule has 2 aromatic carbocycles. The number of morpholine rings is 1. The van der Waals surface area contributed by atoms with Gasteiger partial charge in [-0.3, -0.25) is 9.88 Å². The maximum Gasteiger partial charge on any atom is 0.319 e. The van der Waals surface area contributed by atoms with Gasteiger partial charge in [-0.1, -0.05) is 13.0 Å². The smallest absolute Gasteiger partial charge is 0.319 e. The highest BCUT2D eigenvalue weighted by Crippen LogP contribution is 2.43. The predicted molar refractivity (Wildman–Crippen MR) is 160 cm³/mol. The molecule has 230 valence electrons. The summed E-state index contributed by atoms with van der Waals surface area (Å²) in [4.78, 5) is 18.3. The number of aromatic nitrogens is 3. The van der Waals surface area contributed by atoms with E-state index in [1.165, 1.54) is 18.2 Å². The monoisotopic (exact) mass is 605 g/mol. The number of alkyl halides is 1. The van der Waals surface area contributed by atoms with Crippen molar-refractivity contribution in [3.8, 4) is 23.0 Å². The minimum Gasteiger partial charge on any atom is -0.508 e. The van der Waals surface area contributed by atoms with Gasteiger partial charge in [0.2, 0.25) is 0 Å². The molecule has 11 heteroatoms. The summed E-state index contributed by atoms with van der Waals surface area (Å²) in [5, 5.41) is 12.1. The van der Waals surface area contributed by atoms with Crippen molar-refractivity contribution in [2.45, 2.75) is 69.2 Å². The Morgan fingerprint density at radius 3 is 2.75 bits per heavy atom. The van der Waals surface area contributed by atoms with Crippen LogP contribution in [0.4, 0.5) is 19.0 Å². The number of benzene rings is 2. The van der Waals surface area contributed by atoms with E-state index in [9.17, 15) is 13.9 Å². The van der Waals surface area contributed by atoms with E-state index in [0.29, 0.717) is 60.1 Å². The van der Waals surface area contributed by atoms with Gasteiger partial charge in [0.25, 0.3) is 0 Å². The number of anilines is 1. The third-order valence-electron chi connectivity index (χ3n) is 10.1. The van der Waals surface area contributed by atoms with Gasteiger partial charge in [0.05, 0.1) is 36.2 Å². The first-order valence-electron chi connectivity index (χ1n) is 15.5. The first kappa shape index (κ1) is 27.8. The molecule has 4 aliphatic rings. The lowest BCUT2D eigenvalue weighted by Crippen LogP contribution is -2.46. The van der Waals surface area contributed by atoms with Crippen molar-refractivity contribution in [3.05, 3.63) is 47.7 Å². The number of phenolic OH excluding ortho intramolecular Hbond substituents is 1. The molecule has 0 radical (unpaired) electrons. The van der Waals surface area contributed by atoms with Gasteiger partial charge in [0, 0.05) is 24.7 Å². The fraction of sp³-hybridized carbons (Fsp3) is 0.485. The summed E-state index contributed by atoms with van der Waals surface area (Å²) in [7, 11) is 0. The van der Waals surface area contributed by atoms with Crippen molar-refractivity contribution in [2.75, 3.05) is 37.8 Å². The van der Waals surface area contributed by atoms with E-state index in [2.05, 4.69) is 19.8 Å². The first-order chi connectivity index (χ1) is 21.3. The van der Waals surface area contributed by atoms with Gasteiger partial charge in [0.1, 0.15) is 41.4 Å². The summed E-state index contributed by atoms with van der Waals surface area (Å²) in [5.74, 6) is -0.655. The Hall–Kier alpha value is -3.70. The molecule has 0 amide bonds. The van der Waals surface area contributed by atoms with Crippen molar-refractivity contribution in [1.29, 1.82) is 0 Å². The molecule has 4 atom stereocenters. The fourth-order valence-corrected chi connectivity index (χ4v) is 8.13. The second-order valence-corrected chi connectivity index (χ2v) is 12.7. The van der Waals surface area contributed by atoms with Crippen LogP contribution in [0.2, 0.25) is 0 Å². The normalized spacial score (nSPS) is 26.6. The second-order valence-electron chi connectivity index (χ2n) is 12.7. The number of hydrogen-bond acceptors (Lipinski definition) is 8. The average Bonchev–Trinajstić information content (AvgIpc) is 3.62. The molecule has 4 saturated heterocycles. The van der Waals surface area contributed by atoms with Gasteiger partial charge in [-0.2, -0.15) is 9.97 Å². The van der Waals surface area contributed by atoms with Gasteiger partial charge < -0.3 is 19.5 Å². The Labute approximate surface area is 252 Å². The Bertz CT molecular complexity index is 1770. The Morgan fingerprint density at radius 1 is 1.14 bits per heavy atom. The summed E-state index contributed by atoms with van der Waals surface area (Å²) in [6.07, 6.45) is 5.07. The third kappa shape index (κ3) is 4.30. The summed E-state index contributed by atoms with van der Waals surface area (Å²) >= 11 is 0. The van der Waals surface area contributed by atoms with Gasteiger partial charge >= 0.3 is 6.01 Å². The number of ether oxygens (including phenoxy) is 2. The average molecular weight is 606 g/mol. The van der Waals surface area contributed by atoms with Gasteiger partial charge in [-0.05, 0) is 73.2 Å². The van der Waals surface area contributed by atoms with Crippen LogP contribution in [0.5, 0.6) is 11.8 Å². The highest BCUT2D eigenvalue weighted by Gasteiger charge is 2.49. The molecule has 4 aromatic rings. The lowest BCUT2D eigenvalue weighted by Gasteiger charge is -2.36. The minimum atomic E-state index is -0.906. The molecule has 0 aliphatic carbocycles. The molecule has 6 heterocycles. The molecule has 2 bridgehead atoms. The van der Waals surface area contributed by atoms with Crippen LogP contribution in [0.15, 0.2) is 30.5 Å². The lowest BCUT2D eigenvalue weighted by molar-refractivity contribution is 0.0898. The number of halogens is 3. The molecular formula is C33H34F3N5O3. The summed E-state index contributed by atoms with van der Waals surface area (Å²) in [6.45, 7) is 4.35. The number of rotatable bonds is 6. The number of hydrogen-bond donors (Lipinski definition) is 1. The van der Waals surface area contributed by atoms with Crippen LogP contribution >= 0.6 is 0 Å². The van der Waals surface area contributed by atoms with Crippen molar-refractivity contribution in [3.63, 3.8) is 0 Å². The van der Waals surface area contributed by atoms with Crippen molar-refractivity contribution in [2.24, 2.45) is 0 Å². The molecule has 0 unspecified atom stereocenters. The van der Waals surface area contributed by atoms with E-state index in [1.54, 1.807) is 12.3 Å². The number of aromatic hydroxyl groups is 1. The SMILES string of the molecule is CCc1c(F)ccc2cc(O)cc(-c3ncc4c(N5[C@@H]6CC[C@H]5COC6)nc(OC[C@@]56CCCN5C[C@H](F)C6)nc4c3F)c12. The van der Waals surface area contributed by atoms with Gasteiger partial charge in [-0.25, -0.2) is 13.2 Å². The maximum atomic E-state index is 16.8. The molecule has 8 rings (SSSR count). The van der Waals surface area contributed by atoms with Crippen LogP contribution in [0.3, 0.4) is 0 Å². The molecule has 4 aliphatic heterocycles. The van der Waals surface area contributed by atoms with E-state index >= 15 is 4.39 Å². The highest BCUT2D eigenvalue weighted by atomic mass is 19.1. The highest BCUT2D eigenvalue weighted by molar-refractivity contribution is 6.01. The molecule has 0 spiro atoms. The lowest BCUT2D eigenvalue weighted by atomic mass is 9.94. The van der Waals surface area contributed by atoms with Crippen molar-refractivity contribution < 1.29 is 27.8 Å². The maximum absolute atomic E-state index is 16.8. The quantitative estimate of drug-likeness (QED) is 0.299. The zero-order valence-corrected chi connectivity index (χ0v) is 24.5. The van der Waals surface area contributed by atoms with Crippen molar-refractivity contribution in [1.82, 2.24) is 19.9 Å². The topological polar surface area (TPSA) is 83.8 Å². The molecule has 0 saturated carbocycles. The third-order valence-corrected chi connectivity index (χ3v) is 10.1. The Morgan fingerprint density at radius 2 is 1.95 bits per heavy atom. The van der Waals surface area contributed by atoms with Crippen molar-refractivity contribution >= 4 is 27.5 Å². The van der Waals surface area contributed by atoms with E-state index in [-0.39, 0.29) is 47.2 Å². The zero-order valence-electron chi connectivity index (χ0n) is 24.5. The van der Waals surface area contributed by atoms with Crippen LogP contribution in [-0.4, -0.2) is 81.7 Å². The molecule has 44 heavy (non-hydrogen) atoms. The van der Waals surface area contributed by atoms with E-state index in [0.717, 1.165) is 32.2 Å². The molecule has 2 aromatic heterocycles. The Kier molecular flexibility index (Phi) is 6.60. The molecule has 1 N–H and O–H groups in total. The number of phenols is 1. The Balaban J connectivity index is 1.29. The van der Waals surface area contributed by atoms with Crippen LogP contribution < -0.4 is 9.64 Å². The number of fused-ring (bicyclic) bond motifs is 5. The predicted octanol–water partition coefficient (Wildman–Crippen LogP) is 5.71. The summed E-state index contributed by atoms with van der Waals surface area (Å²) < 4.78 is 58.3.